The number of nitrogens with one attached hydrogen (secondary N) is 1. The van der Waals surface area contributed by atoms with Gasteiger partial charge in [0.1, 0.15) is 18.4 Å². The number of rotatable bonds is 4. The van der Waals surface area contributed by atoms with E-state index in [-0.39, 0.29) is 19.8 Å². The largest absolute Gasteiger partial charge is 0.445 e. The fraction of sp³-hybridized carbons (Fsp3) is 0.467. The van der Waals surface area contributed by atoms with Crippen molar-refractivity contribution in [2.75, 3.05) is 13.2 Å². The lowest BCUT2D eigenvalue weighted by atomic mass is 10.0. The van der Waals surface area contributed by atoms with Crippen molar-refractivity contribution in [1.29, 1.82) is 0 Å². The van der Waals surface area contributed by atoms with Crippen molar-refractivity contribution >= 4 is 12.4 Å². The van der Waals surface area contributed by atoms with Gasteiger partial charge < -0.3 is 24.3 Å². The molecule has 0 aromatic heterocycles. The molecule has 0 bridgehead atoms. The summed E-state index contributed by atoms with van der Waals surface area (Å²) in [4.78, 5) is 23.1. The van der Waals surface area contributed by atoms with Crippen molar-refractivity contribution in [2.45, 2.75) is 31.8 Å². The summed E-state index contributed by atoms with van der Waals surface area (Å²) in [6.07, 6.45) is -0.0655. The first-order valence-corrected chi connectivity index (χ1v) is 6.68. The lowest BCUT2D eigenvalue weighted by Crippen LogP contribution is -2.62. The molecule has 21 heavy (non-hydrogen) atoms. The van der Waals surface area contributed by atoms with Crippen LogP contribution in [0.1, 0.15) is 19.4 Å². The van der Waals surface area contributed by atoms with Crippen LogP contribution < -0.4 is 5.32 Å². The number of alkyl carbamates (subject to hydrolysis) is 1. The molecule has 0 atom stereocenters. The summed E-state index contributed by atoms with van der Waals surface area (Å²) in [5.74, 6) is -0.762. The van der Waals surface area contributed by atoms with Gasteiger partial charge in [-0.15, -0.1) is 0 Å². The molecule has 1 aliphatic heterocycles. The molecule has 1 amide bonds. The minimum Gasteiger partial charge on any atom is -0.445 e. The summed E-state index contributed by atoms with van der Waals surface area (Å²) in [7, 11) is 0. The maximum Gasteiger partial charge on any atom is 0.408 e. The van der Waals surface area contributed by atoms with Crippen LogP contribution in [0.2, 0.25) is 0 Å². The van der Waals surface area contributed by atoms with Gasteiger partial charge in [0.15, 0.2) is 5.79 Å². The highest BCUT2D eigenvalue weighted by Crippen LogP contribution is 2.22. The normalized spacial score (nSPS) is 19.5. The summed E-state index contributed by atoms with van der Waals surface area (Å²) in [6, 6.07) is 9.28. The van der Waals surface area contributed by atoms with Gasteiger partial charge in [-0.1, -0.05) is 30.3 Å². The Balaban J connectivity index is 1.87. The molecule has 0 spiro atoms. The highest BCUT2D eigenvalue weighted by Gasteiger charge is 2.41. The second-order valence-corrected chi connectivity index (χ2v) is 5.44. The van der Waals surface area contributed by atoms with Gasteiger partial charge in [0.05, 0.1) is 13.2 Å². The number of aldehydes is 1. The van der Waals surface area contributed by atoms with E-state index in [1.54, 1.807) is 13.8 Å². The molecule has 0 saturated carbocycles. The highest BCUT2D eigenvalue weighted by atomic mass is 16.7. The van der Waals surface area contributed by atoms with Crippen molar-refractivity contribution < 1.29 is 23.8 Å². The zero-order valence-corrected chi connectivity index (χ0v) is 12.1. The highest BCUT2D eigenvalue weighted by molar-refractivity contribution is 5.76. The number of hydrogen-bond acceptors (Lipinski definition) is 5. The minimum absolute atomic E-state index is 0.0456. The van der Waals surface area contributed by atoms with Crippen molar-refractivity contribution in [3.8, 4) is 0 Å². The number of carbonyl (C=O) groups excluding carboxylic acids is 2. The van der Waals surface area contributed by atoms with E-state index >= 15 is 0 Å². The van der Waals surface area contributed by atoms with Crippen LogP contribution in [-0.2, 0) is 25.6 Å². The third kappa shape index (κ3) is 4.27. The average molecular weight is 293 g/mol. The lowest BCUT2D eigenvalue weighted by molar-refractivity contribution is -0.264. The molecule has 1 fully saturated rings. The molecule has 0 aliphatic carbocycles. The second-order valence-electron chi connectivity index (χ2n) is 5.44. The van der Waals surface area contributed by atoms with Crippen LogP contribution in [0, 0.1) is 0 Å². The monoisotopic (exact) mass is 293 g/mol. The first-order chi connectivity index (χ1) is 9.95. The zero-order chi connectivity index (χ0) is 15.3. The predicted octanol–water partition coefficient (Wildman–Crippen LogP) is 1.63. The van der Waals surface area contributed by atoms with E-state index in [0.29, 0.717) is 6.29 Å². The molecular weight excluding hydrogens is 274 g/mol. The lowest BCUT2D eigenvalue weighted by Gasteiger charge is -2.40. The molecule has 0 unspecified atom stereocenters. The summed E-state index contributed by atoms with van der Waals surface area (Å²) in [6.45, 7) is 3.72. The maximum absolute atomic E-state index is 11.8. The first-order valence-electron chi connectivity index (χ1n) is 6.68. The van der Waals surface area contributed by atoms with Crippen molar-refractivity contribution in [3.05, 3.63) is 35.9 Å². The molecule has 114 valence electrons. The summed E-state index contributed by atoms with van der Waals surface area (Å²) in [5.41, 5.74) is -0.339. The summed E-state index contributed by atoms with van der Waals surface area (Å²) in [5, 5.41) is 2.51. The van der Waals surface area contributed by atoms with Gasteiger partial charge in [-0.25, -0.2) is 4.79 Å². The van der Waals surface area contributed by atoms with Gasteiger partial charge in [-0.2, -0.15) is 0 Å². The van der Waals surface area contributed by atoms with Gasteiger partial charge >= 0.3 is 6.09 Å². The standard InChI is InChI=1S/C15H19NO5/c1-14(2)20-10-15(9-17,11-21-14)16-13(18)19-8-12-6-4-3-5-7-12/h3-7,9H,8,10-11H2,1-2H3,(H,16,18). The molecule has 1 aromatic rings. The Bertz CT molecular complexity index is 490. The Hall–Kier alpha value is -1.92. The Morgan fingerprint density at radius 2 is 1.90 bits per heavy atom. The van der Waals surface area contributed by atoms with Gasteiger partial charge in [0, 0.05) is 0 Å². The topological polar surface area (TPSA) is 73.9 Å². The third-order valence-corrected chi connectivity index (χ3v) is 3.14. The fourth-order valence-electron chi connectivity index (χ4n) is 1.82. The van der Waals surface area contributed by atoms with Gasteiger partial charge in [-0.3, -0.25) is 0 Å². The summed E-state index contributed by atoms with van der Waals surface area (Å²) >= 11 is 0. The van der Waals surface area contributed by atoms with E-state index in [1.807, 2.05) is 30.3 Å². The molecular formula is C15H19NO5. The third-order valence-electron chi connectivity index (χ3n) is 3.14. The van der Waals surface area contributed by atoms with E-state index in [1.165, 1.54) is 0 Å². The molecule has 1 aromatic carbocycles. The number of benzene rings is 1. The Morgan fingerprint density at radius 3 is 2.48 bits per heavy atom. The molecule has 1 aliphatic rings. The number of amides is 1. The van der Waals surface area contributed by atoms with E-state index in [0.717, 1.165) is 5.56 Å². The van der Waals surface area contributed by atoms with Crippen molar-refractivity contribution in [1.82, 2.24) is 5.32 Å². The van der Waals surface area contributed by atoms with Crippen LogP contribution in [0.15, 0.2) is 30.3 Å². The molecule has 1 saturated heterocycles. The Labute approximate surface area is 123 Å². The van der Waals surface area contributed by atoms with Crippen LogP contribution in [0.5, 0.6) is 0 Å². The van der Waals surface area contributed by atoms with Crippen LogP contribution in [0.4, 0.5) is 4.79 Å². The van der Waals surface area contributed by atoms with Crippen molar-refractivity contribution in [2.24, 2.45) is 0 Å². The van der Waals surface area contributed by atoms with E-state index < -0.39 is 17.4 Å². The smallest absolute Gasteiger partial charge is 0.408 e. The first kappa shape index (κ1) is 15.5. The van der Waals surface area contributed by atoms with E-state index in [4.69, 9.17) is 14.2 Å². The van der Waals surface area contributed by atoms with Gasteiger partial charge in [-0.05, 0) is 19.4 Å². The molecule has 6 nitrogen and oxygen atoms in total. The van der Waals surface area contributed by atoms with E-state index in [2.05, 4.69) is 5.32 Å². The average Bonchev–Trinajstić information content (AvgIpc) is 2.49. The van der Waals surface area contributed by atoms with Gasteiger partial charge in [0.2, 0.25) is 0 Å². The Kier molecular flexibility index (Phi) is 4.59. The SMILES string of the molecule is CC1(C)OCC(C=O)(NC(=O)OCc2ccccc2)CO1. The predicted molar refractivity (Wildman–Crippen MR) is 74.5 cm³/mol. The number of ether oxygens (including phenoxy) is 3. The van der Waals surface area contributed by atoms with Crippen LogP contribution in [-0.4, -0.2) is 36.9 Å². The van der Waals surface area contributed by atoms with E-state index in [9.17, 15) is 9.59 Å². The van der Waals surface area contributed by atoms with Gasteiger partial charge in [0.25, 0.3) is 0 Å². The summed E-state index contributed by atoms with van der Waals surface area (Å²) < 4.78 is 15.9. The molecule has 1 N–H and O–H groups in total. The van der Waals surface area contributed by atoms with Crippen LogP contribution in [0.3, 0.4) is 0 Å². The molecule has 2 rings (SSSR count). The molecule has 1 heterocycles. The van der Waals surface area contributed by atoms with Crippen molar-refractivity contribution in [3.63, 3.8) is 0 Å². The minimum atomic E-state index is -1.21. The number of hydrogen-bond donors (Lipinski definition) is 1. The van der Waals surface area contributed by atoms with Crippen LogP contribution >= 0.6 is 0 Å². The second kappa shape index (κ2) is 6.24. The zero-order valence-electron chi connectivity index (χ0n) is 12.1. The Morgan fingerprint density at radius 1 is 1.29 bits per heavy atom. The molecule has 0 radical (unpaired) electrons. The van der Waals surface area contributed by atoms with Crippen LogP contribution in [0.25, 0.3) is 0 Å². The maximum atomic E-state index is 11.8. The quantitative estimate of drug-likeness (QED) is 0.854. The number of carbonyl (C=O) groups is 2. The fourth-order valence-corrected chi connectivity index (χ4v) is 1.82. The molecule has 6 heteroatoms.